The van der Waals surface area contributed by atoms with Crippen molar-refractivity contribution in [1.82, 2.24) is 4.31 Å². The fourth-order valence-corrected chi connectivity index (χ4v) is 4.90. The van der Waals surface area contributed by atoms with Crippen LogP contribution >= 0.6 is 0 Å². The van der Waals surface area contributed by atoms with Crippen molar-refractivity contribution < 1.29 is 27.1 Å². The van der Waals surface area contributed by atoms with Crippen LogP contribution in [0.25, 0.3) is 0 Å². The summed E-state index contributed by atoms with van der Waals surface area (Å²) in [6.07, 6.45) is 0. The van der Waals surface area contributed by atoms with Gasteiger partial charge >= 0.3 is 5.97 Å². The molecule has 1 saturated heterocycles. The van der Waals surface area contributed by atoms with Gasteiger partial charge in [-0.1, -0.05) is 6.07 Å². The molecule has 3 rings (SSSR count). The lowest BCUT2D eigenvalue weighted by Gasteiger charge is -2.35. The number of sulfonamides is 1. The van der Waals surface area contributed by atoms with Gasteiger partial charge in [0.05, 0.1) is 10.5 Å². The van der Waals surface area contributed by atoms with E-state index in [1.165, 1.54) is 47.6 Å². The number of halogens is 1. The van der Waals surface area contributed by atoms with Crippen LogP contribution in [-0.4, -0.2) is 57.3 Å². The molecule has 0 spiro atoms. The van der Waals surface area contributed by atoms with E-state index in [1.807, 2.05) is 4.90 Å². The lowest BCUT2D eigenvalue weighted by molar-refractivity contribution is -0.118. The summed E-state index contributed by atoms with van der Waals surface area (Å²) in [7, 11) is -3.89. The van der Waals surface area contributed by atoms with Crippen LogP contribution in [0.5, 0.6) is 0 Å². The Bertz CT molecular complexity index is 1260. The molecule has 1 fully saturated rings. The Morgan fingerprint density at radius 2 is 1.76 bits per heavy atom. The maximum Gasteiger partial charge on any atom is 0.338 e. The fourth-order valence-electron chi connectivity index (χ4n) is 3.43. The number of benzene rings is 2. The maximum absolute atomic E-state index is 13.1. The highest BCUT2D eigenvalue weighted by Gasteiger charge is 2.29. The highest BCUT2D eigenvalue weighted by Crippen LogP contribution is 2.22. The molecule has 1 heterocycles. The van der Waals surface area contributed by atoms with E-state index < -0.39 is 28.4 Å². The van der Waals surface area contributed by atoms with Crippen molar-refractivity contribution in [3.05, 3.63) is 71.2 Å². The van der Waals surface area contributed by atoms with Gasteiger partial charge in [0.25, 0.3) is 0 Å². The standard InChI is InChI=1S/C23H23FN4O5S/c1-16(26)21(14-25)22(29)15-33-23(30)17-3-2-4-20(13-17)34(31,32)28-11-9-27(10-12-28)19-7-5-18(24)6-8-19/h2-8,13H,9-12,15,26H2,1H3. The SMILES string of the molecule is CC(N)=C(C#N)C(=O)COC(=O)c1cccc(S(=O)(=O)N2CCN(c3ccc(F)cc3)CC2)c1. The molecule has 34 heavy (non-hydrogen) atoms. The summed E-state index contributed by atoms with van der Waals surface area (Å²) < 4.78 is 45.6. The summed E-state index contributed by atoms with van der Waals surface area (Å²) in [5.41, 5.74) is 5.92. The van der Waals surface area contributed by atoms with Crippen molar-refractivity contribution in [3.8, 4) is 6.07 Å². The minimum Gasteiger partial charge on any atom is -0.454 e. The minimum atomic E-state index is -3.89. The Labute approximate surface area is 196 Å². The van der Waals surface area contributed by atoms with E-state index in [2.05, 4.69) is 0 Å². The number of nitrogens with two attached hydrogens (primary N) is 1. The summed E-state index contributed by atoms with van der Waals surface area (Å²) in [5, 5.41) is 8.95. The number of carbonyl (C=O) groups excluding carboxylic acids is 2. The number of anilines is 1. The minimum absolute atomic E-state index is 0.0103. The lowest BCUT2D eigenvalue weighted by atomic mass is 10.1. The zero-order valence-electron chi connectivity index (χ0n) is 18.4. The second kappa shape index (κ2) is 10.5. The first-order valence-corrected chi connectivity index (χ1v) is 11.7. The lowest BCUT2D eigenvalue weighted by Crippen LogP contribution is -2.48. The average molecular weight is 487 g/mol. The van der Waals surface area contributed by atoms with E-state index >= 15 is 0 Å². The van der Waals surface area contributed by atoms with Crippen LogP contribution in [0.2, 0.25) is 0 Å². The van der Waals surface area contributed by atoms with Gasteiger partial charge < -0.3 is 15.4 Å². The molecule has 0 unspecified atom stereocenters. The molecular formula is C23H23FN4O5S. The van der Waals surface area contributed by atoms with Gasteiger partial charge in [0.15, 0.2) is 6.61 Å². The molecule has 0 aromatic heterocycles. The zero-order valence-corrected chi connectivity index (χ0v) is 19.2. The summed E-state index contributed by atoms with van der Waals surface area (Å²) in [6, 6.07) is 13.0. The number of rotatable bonds is 7. The molecule has 9 nitrogen and oxygen atoms in total. The van der Waals surface area contributed by atoms with Gasteiger partial charge in [-0.3, -0.25) is 4.79 Å². The van der Waals surface area contributed by atoms with Crippen LogP contribution in [0, 0.1) is 17.1 Å². The topological polar surface area (TPSA) is 134 Å². The molecule has 0 atom stereocenters. The Morgan fingerprint density at radius 3 is 2.35 bits per heavy atom. The molecule has 178 valence electrons. The van der Waals surface area contributed by atoms with E-state index in [4.69, 9.17) is 15.7 Å². The van der Waals surface area contributed by atoms with E-state index in [-0.39, 0.29) is 40.6 Å². The molecule has 2 aromatic carbocycles. The smallest absolute Gasteiger partial charge is 0.338 e. The number of hydrogen-bond acceptors (Lipinski definition) is 8. The maximum atomic E-state index is 13.1. The number of esters is 1. The predicted molar refractivity (Wildman–Crippen MR) is 122 cm³/mol. The van der Waals surface area contributed by atoms with Crippen molar-refractivity contribution in [3.63, 3.8) is 0 Å². The second-order valence-electron chi connectivity index (χ2n) is 7.56. The Balaban J connectivity index is 1.67. The average Bonchev–Trinajstić information content (AvgIpc) is 2.83. The van der Waals surface area contributed by atoms with Crippen LogP contribution in [-0.2, 0) is 19.6 Å². The highest BCUT2D eigenvalue weighted by molar-refractivity contribution is 7.89. The number of allylic oxidation sites excluding steroid dienone is 1. The van der Waals surface area contributed by atoms with Gasteiger partial charge in [-0.25, -0.2) is 17.6 Å². The van der Waals surface area contributed by atoms with Gasteiger partial charge in [0, 0.05) is 37.6 Å². The van der Waals surface area contributed by atoms with Crippen molar-refractivity contribution in [1.29, 1.82) is 5.26 Å². The molecule has 0 radical (unpaired) electrons. The summed E-state index contributed by atoms with van der Waals surface area (Å²) in [5.74, 6) is -2.00. The van der Waals surface area contributed by atoms with Gasteiger partial charge in [-0.05, 0) is 49.4 Å². The monoisotopic (exact) mass is 486 g/mol. The third kappa shape index (κ3) is 5.59. The molecule has 11 heteroatoms. The number of hydrogen-bond donors (Lipinski definition) is 1. The number of ketones is 1. The third-order valence-electron chi connectivity index (χ3n) is 5.26. The number of Topliss-reactive ketones (excluding diaryl/α,β-unsaturated/α-hetero) is 1. The van der Waals surface area contributed by atoms with Crippen LogP contribution < -0.4 is 10.6 Å². The summed E-state index contributed by atoms with van der Waals surface area (Å²) >= 11 is 0. The van der Waals surface area contributed by atoms with Crippen LogP contribution in [0.4, 0.5) is 10.1 Å². The summed E-state index contributed by atoms with van der Waals surface area (Å²) in [4.78, 5) is 26.2. The Morgan fingerprint density at radius 1 is 1.12 bits per heavy atom. The van der Waals surface area contributed by atoms with Gasteiger partial charge in [-0.2, -0.15) is 9.57 Å². The fraction of sp³-hybridized carbons (Fsp3) is 0.261. The quantitative estimate of drug-likeness (QED) is 0.356. The van der Waals surface area contributed by atoms with Gasteiger partial charge in [0.2, 0.25) is 15.8 Å². The van der Waals surface area contributed by atoms with Crippen LogP contribution in [0.3, 0.4) is 0 Å². The van der Waals surface area contributed by atoms with Crippen molar-refractivity contribution in [2.75, 3.05) is 37.7 Å². The second-order valence-corrected chi connectivity index (χ2v) is 9.50. The van der Waals surface area contributed by atoms with Gasteiger partial charge in [-0.15, -0.1) is 0 Å². The molecule has 0 bridgehead atoms. The molecule has 0 aliphatic carbocycles. The van der Waals surface area contributed by atoms with Crippen LogP contribution in [0.1, 0.15) is 17.3 Å². The first kappa shape index (κ1) is 24.9. The first-order chi connectivity index (χ1) is 16.1. The number of nitriles is 1. The molecule has 1 aliphatic heterocycles. The number of piperazine rings is 1. The summed E-state index contributed by atoms with van der Waals surface area (Å²) in [6.45, 7) is 1.95. The molecule has 1 aliphatic rings. The third-order valence-corrected chi connectivity index (χ3v) is 7.15. The Kier molecular flexibility index (Phi) is 7.65. The van der Waals surface area contributed by atoms with E-state index in [9.17, 15) is 22.4 Å². The number of ether oxygens (including phenoxy) is 1. The number of nitrogens with zero attached hydrogens (tertiary/aromatic N) is 3. The van der Waals surface area contributed by atoms with Crippen molar-refractivity contribution in [2.24, 2.45) is 5.73 Å². The predicted octanol–water partition coefficient (Wildman–Crippen LogP) is 1.82. The van der Waals surface area contributed by atoms with Crippen LogP contribution in [0.15, 0.2) is 64.7 Å². The van der Waals surface area contributed by atoms with E-state index in [1.54, 1.807) is 18.2 Å². The highest BCUT2D eigenvalue weighted by atomic mass is 32.2. The van der Waals surface area contributed by atoms with E-state index in [0.717, 1.165) is 5.69 Å². The zero-order chi connectivity index (χ0) is 24.9. The van der Waals surface area contributed by atoms with Crippen molar-refractivity contribution in [2.45, 2.75) is 11.8 Å². The normalized spacial score (nSPS) is 15.3. The van der Waals surface area contributed by atoms with Crippen molar-refractivity contribution >= 4 is 27.5 Å². The molecule has 0 saturated carbocycles. The van der Waals surface area contributed by atoms with E-state index in [0.29, 0.717) is 13.1 Å². The largest absolute Gasteiger partial charge is 0.454 e. The molecule has 2 aromatic rings. The molecule has 0 amide bonds. The van der Waals surface area contributed by atoms with Gasteiger partial charge in [0.1, 0.15) is 17.5 Å². The molecule has 2 N–H and O–H groups in total. The Hall–Kier alpha value is -3.75. The molecular weight excluding hydrogens is 463 g/mol. The first-order valence-electron chi connectivity index (χ1n) is 10.3. The number of carbonyl (C=O) groups is 2.